The third-order valence-electron chi connectivity index (χ3n) is 3.15. The van der Waals surface area contributed by atoms with Crippen LogP contribution in [0.5, 0.6) is 0 Å². The maximum atomic E-state index is 11.8. The number of hydrogen-bond donors (Lipinski definition) is 0. The monoisotopic (exact) mass is 308 g/mol. The molecule has 1 aliphatic rings. The Morgan fingerprint density at radius 3 is 2.78 bits per heavy atom. The Morgan fingerprint density at radius 1 is 1.39 bits per heavy atom. The van der Waals surface area contributed by atoms with Crippen LogP contribution in [0.2, 0.25) is 10.0 Å². The van der Waals surface area contributed by atoms with E-state index in [1.165, 1.54) is 6.20 Å². The number of nitrogens with zero attached hydrogens (tertiary/aromatic N) is 2. The lowest BCUT2D eigenvalue weighted by molar-refractivity contribution is 0.584. The number of aromatic nitrogens is 1. The van der Waals surface area contributed by atoms with Crippen molar-refractivity contribution in [1.82, 2.24) is 4.98 Å². The van der Waals surface area contributed by atoms with E-state index in [1.54, 1.807) is 13.0 Å². The molecule has 0 amide bonds. The minimum absolute atomic E-state index is 0.134. The molecule has 0 aliphatic carbocycles. The predicted molar refractivity (Wildman–Crippen MR) is 74.3 cm³/mol. The molecule has 1 fully saturated rings. The molecular formula is C11H14Cl2N2O2S. The van der Waals surface area contributed by atoms with Crippen molar-refractivity contribution >= 4 is 38.9 Å². The molecule has 4 nitrogen and oxygen atoms in total. The van der Waals surface area contributed by atoms with Crippen LogP contribution in [-0.2, 0) is 9.84 Å². The van der Waals surface area contributed by atoms with E-state index in [4.69, 9.17) is 23.2 Å². The average molecular weight is 309 g/mol. The topological polar surface area (TPSA) is 50.3 Å². The first-order chi connectivity index (χ1) is 8.40. The minimum atomic E-state index is -3.00. The second-order valence-electron chi connectivity index (χ2n) is 4.41. The van der Waals surface area contributed by atoms with Gasteiger partial charge in [0.25, 0.3) is 0 Å². The zero-order chi connectivity index (χ0) is 13.3. The van der Waals surface area contributed by atoms with Gasteiger partial charge in [0, 0.05) is 19.3 Å². The van der Waals surface area contributed by atoms with Crippen molar-refractivity contribution in [2.24, 2.45) is 0 Å². The lowest BCUT2D eigenvalue weighted by Gasteiger charge is -2.21. The van der Waals surface area contributed by atoms with Gasteiger partial charge in [-0.05, 0) is 19.4 Å². The molecule has 1 atom stereocenters. The van der Waals surface area contributed by atoms with E-state index < -0.39 is 9.84 Å². The minimum Gasteiger partial charge on any atom is -0.354 e. The van der Waals surface area contributed by atoms with Gasteiger partial charge in [-0.15, -0.1) is 0 Å². The van der Waals surface area contributed by atoms with Crippen LogP contribution in [0.3, 0.4) is 0 Å². The summed E-state index contributed by atoms with van der Waals surface area (Å²) in [5.41, 5.74) is 0. The van der Waals surface area contributed by atoms with Gasteiger partial charge < -0.3 is 4.90 Å². The predicted octanol–water partition coefficient (Wildman–Crippen LogP) is 2.40. The normalized spacial score (nSPS) is 23.7. The van der Waals surface area contributed by atoms with Crippen molar-refractivity contribution in [2.75, 3.05) is 23.7 Å². The number of hydrogen-bond acceptors (Lipinski definition) is 4. The van der Waals surface area contributed by atoms with Gasteiger partial charge in [0.05, 0.1) is 21.0 Å². The molecule has 0 radical (unpaired) electrons. The summed E-state index contributed by atoms with van der Waals surface area (Å²) in [6, 6.07) is 1.62. The van der Waals surface area contributed by atoms with Crippen LogP contribution >= 0.6 is 23.2 Å². The molecule has 1 saturated heterocycles. The summed E-state index contributed by atoms with van der Waals surface area (Å²) in [6.45, 7) is 2.80. The molecule has 0 bridgehead atoms. The summed E-state index contributed by atoms with van der Waals surface area (Å²) in [5.74, 6) is 0.736. The summed E-state index contributed by atoms with van der Waals surface area (Å²) in [5, 5.41) is 0.614. The van der Waals surface area contributed by atoms with Crippen LogP contribution in [0.4, 0.5) is 5.82 Å². The van der Waals surface area contributed by atoms with Crippen LogP contribution < -0.4 is 4.90 Å². The Morgan fingerprint density at radius 2 is 2.11 bits per heavy atom. The molecule has 1 aromatic heterocycles. The maximum absolute atomic E-state index is 11.8. The van der Waals surface area contributed by atoms with Crippen LogP contribution in [0, 0.1) is 0 Å². The zero-order valence-electron chi connectivity index (χ0n) is 9.94. The second kappa shape index (κ2) is 5.23. The van der Waals surface area contributed by atoms with Crippen LogP contribution in [0.15, 0.2) is 12.3 Å². The molecule has 0 aromatic carbocycles. The quantitative estimate of drug-likeness (QED) is 0.799. The Labute approximate surface area is 117 Å². The van der Waals surface area contributed by atoms with Gasteiger partial charge in [-0.2, -0.15) is 0 Å². The molecule has 100 valence electrons. The number of rotatable bonds is 1. The van der Waals surface area contributed by atoms with Gasteiger partial charge in [0.15, 0.2) is 9.84 Å². The highest BCUT2D eigenvalue weighted by molar-refractivity contribution is 7.92. The first-order valence-electron chi connectivity index (χ1n) is 5.68. The second-order valence-corrected chi connectivity index (χ2v) is 7.79. The largest absolute Gasteiger partial charge is 0.354 e. The van der Waals surface area contributed by atoms with E-state index in [0.717, 1.165) is 0 Å². The molecule has 0 spiro atoms. The molecule has 2 heterocycles. The first-order valence-corrected chi connectivity index (χ1v) is 8.15. The summed E-state index contributed by atoms with van der Waals surface area (Å²) in [6.07, 6.45) is 2.11. The highest BCUT2D eigenvalue weighted by Crippen LogP contribution is 2.27. The van der Waals surface area contributed by atoms with E-state index in [9.17, 15) is 8.42 Å². The summed E-state index contributed by atoms with van der Waals surface area (Å²) in [7, 11) is -3.00. The third kappa shape index (κ3) is 2.90. The molecule has 2 rings (SSSR count). The highest BCUT2D eigenvalue weighted by atomic mass is 35.5. The third-order valence-corrected chi connectivity index (χ3v) is 5.85. The Balaban J connectivity index is 2.25. The van der Waals surface area contributed by atoms with Gasteiger partial charge in [0.1, 0.15) is 5.82 Å². The van der Waals surface area contributed by atoms with Crippen molar-refractivity contribution in [3.63, 3.8) is 0 Å². The number of anilines is 1. The molecule has 0 saturated carbocycles. The fraction of sp³-hybridized carbons (Fsp3) is 0.545. The van der Waals surface area contributed by atoms with E-state index in [-0.39, 0.29) is 11.0 Å². The summed E-state index contributed by atoms with van der Waals surface area (Å²) >= 11 is 11.9. The summed E-state index contributed by atoms with van der Waals surface area (Å²) < 4.78 is 23.6. The molecule has 1 aliphatic heterocycles. The lowest BCUT2D eigenvalue weighted by atomic mass is 10.3. The van der Waals surface area contributed by atoms with Gasteiger partial charge in [-0.3, -0.25) is 0 Å². The number of sulfone groups is 1. The Kier molecular flexibility index (Phi) is 4.04. The van der Waals surface area contributed by atoms with Gasteiger partial charge in [-0.1, -0.05) is 23.2 Å². The molecule has 18 heavy (non-hydrogen) atoms. The van der Waals surface area contributed by atoms with E-state index in [0.29, 0.717) is 35.4 Å². The van der Waals surface area contributed by atoms with Crippen molar-refractivity contribution < 1.29 is 8.42 Å². The SMILES string of the molecule is C[C@@H]1CCN(c2ncc(Cl)cc2Cl)CCS1(=O)=O. The fourth-order valence-electron chi connectivity index (χ4n) is 1.92. The smallest absolute Gasteiger partial charge is 0.154 e. The van der Waals surface area contributed by atoms with Crippen LogP contribution in [-0.4, -0.2) is 37.5 Å². The molecule has 0 unspecified atom stereocenters. The molecular weight excluding hydrogens is 295 g/mol. The Bertz CT molecular complexity index is 548. The number of pyridine rings is 1. The maximum Gasteiger partial charge on any atom is 0.154 e. The average Bonchev–Trinajstić information content (AvgIpc) is 2.41. The molecule has 0 N–H and O–H groups in total. The summed E-state index contributed by atoms with van der Waals surface area (Å²) in [4.78, 5) is 6.09. The molecule has 1 aromatic rings. The van der Waals surface area contributed by atoms with Gasteiger partial charge in [-0.25, -0.2) is 13.4 Å². The standard InChI is InChI=1S/C11H14Cl2N2O2S/c1-8-2-3-15(4-5-18(8,16)17)11-10(13)6-9(12)7-14-11/h6-8H,2-5H2,1H3/t8-/m1/s1. The first kappa shape index (κ1) is 13.9. The Hall–Kier alpha value is -0.520. The fourth-order valence-corrected chi connectivity index (χ4v) is 3.76. The molecule has 7 heteroatoms. The van der Waals surface area contributed by atoms with E-state index in [1.807, 2.05) is 4.90 Å². The van der Waals surface area contributed by atoms with Crippen molar-refractivity contribution in [1.29, 1.82) is 0 Å². The zero-order valence-corrected chi connectivity index (χ0v) is 12.3. The van der Waals surface area contributed by atoms with Crippen LogP contribution in [0.1, 0.15) is 13.3 Å². The van der Waals surface area contributed by atoms with E-state index in [2.05, 4.69) is 4.98 Å². The lowest BCUT2D eigenvalue weighted by Crippen LogP contribution is -2.27. The highest BCUT2D eigenvalue weighted by Gasteiger charge is 2.27. The van der Waals surface area contributed by atoms with Crippen molar-refractivity contribution in [3.05, 3.63) is 22.3 Å². The van der Waals surface area contributed by atoms with Crippen LogP contribution in [0.25, 0.3) is 0 Å². The van der Waals surface area contributed by atoms with Crippen molar-refractivity contribution in [3.8, 4) is 0 Å². The van der Waals surface area contributed by atoms with E-state index >= 15 is 0 Å². The number of halogens is 2. The van der Waals surface area contributed by atoms with Gasteiger partial charge >= 0.3 is 0 Å². The van der Waals surface area contributed by atoms with Crippen molar-refractivity contribution in [2.45, 2.75) is 18.6 Å². The van der Waals surface area contributed by atoms with Gasteiger partial charge in [0.2, 0.25) is 0 Å².